The summed E-state index contributed by atoms with van der Waals surface area (Å²) >= 11 is 0. The molecular weight excluding hydrogens is 322 g/mol. The number of nitrogens with one attached hydrogen (secondary N) is 2. The van der Waals surface area contributed by atoms with Gasteiger partial charge in [-0.05, 0) is 17.5 Å². The van der Waals surface area contributed by atoms with Crippen LogP contribution in [0.5, 0.6) is 0 Å². The predicted molar refractivity (Wildman–Crippen MR) is 95.7 cm³/mol. The van der Waals surface area contributed by atoms with Gasteiger partial charge in [-0.3, -0.25) is 10.9 Å². The van der Waals surface area contributed by atoms with Crippen molar-refractivity contribution in [3.8, 4) is 0 Å². The molecule has 0 saturated carbocycles. The van der Waals surface area contributed by atoms with E-state index in [4.69, 9.17) is 0 Å². The molecule has 0 aliphatic carbocycles. The van der Waals surface area contributed by atoms with E-state index in [1.807, 2.05) is 60.7 Å². The second-order valence-corrected chi connectivity index (χ2v) is 8.20. The van der Waals surface area contributed by atoms with Gasteiger partial charge in [-0.15, -0.1) is 0 Å². The SMILES string of the molecule is O=S(=O)(C1CNNC1)N(CCc1ccccc1)Cc1ccccc1. The molecule has 6 heteroatoms. The van der Waals surface area contributed by atoms with Crippen molar-refractivity contribution < 1.29 is 8.42 Å². The second kappa shape index (κ2) is 7.90. The minimum Gasteiger partial charge on any atom is -0.256 e. The van der Waals surface area contributed by atoms with Crippen molar-refractivity contribution in [2.45, 2.75) is 18.2 Å². The van der Waals surface area contributed by atoms with Crippen LogP contribution in [0.4, 0.5) is 0 Å². The molecule has 2 aromatic carbocycles. The monoisotopic (exact) mass is 345 g/mol. The molecule has 0 spiro atoms. The first-order chi connectivity index (χ1) is 11.7. The summed E-state index contributed by atoms with van der Waals surface area (Å²) in [4.78, 5) is 0. The summed E-state index contributed by atoms with van der Waals surface area (Å²) in [6.07, 6.45) is 0.709. The highest BCUT2D eigenvalue weighted by molar-refractivity contribution is 7.89. The highest BCUT2D eigenvalue weighted by Gasteiger charge is 2.34. The Labute approximate surface area is 143 Å². The van der Waals surface area contributed by atoms with E-state index in [0.717, 1.165) is 11.1 Å². The van der Waals surface area contributed by atoms with Crippen LogP contribution in [0.3, 0.4) is 0 Å². The van der Waals surface area contributed by atoms with Gasteiger partial charge in [-0.1, -0.05) is 60.7 Å². The van der Waals surface area contributed by atoms with Crippen molar-refractivity contribution in [2.24, 2.45) is 0 Å². The molecule has 2 aromatic rings. The molecule has 0 amide bonds. The number of hydrogen-bond donors (Lipinski definition) is 2. The van der Waals surface area contributed by atoms with E-state index in [0.29, 0.717) is 32.6 Å². The van der Waals surface area contributed by atoms with Crippen LogP contribution >= 0.6 is 0 Å². The summed E-state index contributed by atoms with van der Waals surface area (Å²) in [6.45, 7) is 1.78. The van der Waals surface area contributed by atoms with Crippen molar-refractivity contribution in [1.29, 1.82) is 0 Å². The van der Waals surface area contributed by atoms with Crippen LogP contribution in [-0.2, 0) is 23.0 Å². The average molecular weight is 345 g/mol. The van der Waals surface area contributed by atoms with Gasteiger partial charge in [0.05, 0.1) is 0 Å². The van der Waals surface area contributed by atoms with E-state index < -0.39 is 15.3 Å². The Hall–Kier alpha value is -1.73. The summed E-state index contributed by atoms with van der Waals surface area (Å²) < 4.78 is 27.6. The molecule has 0 atom stereocenters. The first kappa shape index (κ1) is 17.1. The minimum atomic E-state index is -3.36. The second-order valence-electron chi connectivity index (χ2n) is 5.98. The molecule has 5 nitrogen and oxygen atoms in total. The Kier molecular flexibility index (Phi) is 5.63. The molecular formula is C18H23N3O2S. The number of nitrogens with zero attached hydrogens (tertiary/aromatic N) is 1. The van der Waals surface area contributed by atoms with Crippen LogP contribution in [0.1, 0.15) is 11.1 Å². The van der Waals surface area contributed by atoms with E-state index in [1.54, 1.807) is 4.31 Å². The number of rotatable bonds is 7. The van der Waals surface area contributed by atoms with Crippen molar-refractivity contribution in [3.05, 3.63) is 71.8 Å². The number of hydrazine groups is 1. The quantitative estimate of drug-likeness (QED) is 0.799. The molecule has 1 saturated heterocycles. The van der Waals surface area contributed by atoms with Crippen LogP contribution in [0.15, 0.2) is 60.7 Å². The average Bonchev–Trinajstić information content (AvgIpc) is 3.16. The molecule has 1 aliphatic rings. The van der Waals surface area contributed by atoms with Gasteiger partial charge in [0.15, 0.2) is 0 Å². The largest absolute Gasteiger partial charge is 0.256 e. The summed E-state index contributed by atoms with van der Waals surface area (Å²) in [7, 11) is -3.36. The van der Waals surface area contributed by atoms with Gasteiger partial charge < -0.3 is 0 Å². The molecule has 0 radical (unpaired) electrons. The summed E-state index contributed by atoms with van der Waals surface area (Å²) in [5.74, 6) is 0. The van der Waals surface area contributed by atoms with Crippen LogP contribution in [-0.4, -0.2) is 37.6 Å². The van der Waals surface area contributed by atoms with E-state index >= 15 is 0 Å². The normalized spacial score (nSPS) is 15.9. The predicted octanol–water partition coefficient (Wildman–Crippen LogP) is 1.54. The van der Waals surface area contributed by atoms with Crippen molar-refractivity contribution in [2.75, 3.05) is 19.6 Å². The summed E-state index contributed by atoms with van der Waals surface area (Å²) in [5.41, 5.74) is 7.98. The highest BCUT2D eigenvalue weighted by Crippen LogP contribution is 2.16. The molecule has 0 bridgehead atoms. The third-order valence-corrected chi connectivity index (χ3v) is 6.47. The van der Waals surface area contributed by atoms with Crippen molar-refractivity contribution in [3.63, 3.8) is 0 Å². The van der Waals surface area contributed by atoms with Crippen LogP contribution in [0.2, 0.25) is 0 Å². The summed E-state index contributed by atoms with van der Waals surface area (Å²) in [6, 6.07) is 19.8. The zero-order valence-corrected chi connectivity index (χ0v) is 14.4. The molecule has 2 N–H and O–H groups in total. The fraction of sp³-hybridized carbons (Fsp3) is 0.333. The van der Waals surface area contributed by atoms with Gasteiger partial charge in [0, 0.05) is 26.2 Å². The molecule has 3 rings (SSSR count). The highest BCUT2D eigenvalue weighted by atomic mass is 32.2. The number of sulfonamides is 1. The zero-order chi connectivity index (χ0) is 16.8. The third-order valence-electron chi connectivity index (χ3n) is 4.26. The molecule has 0 aromatic heterocycles. The lowest BCUT2D eigenvalue weighted by molar-refractivity contribution is 0.403. The van der Waals surface area contributed by atoms with Crippen LogP contribution in [0, 0.1) is 0 Å². The van der Waals surface area contributed by atoms with Crippen molar-refractivity contribution >= 4 is 10.0 Å². The lowest BCUT2D eigenvalue weighted by Crippen LogP contribution is -2.41. The molecule has 1 aliphatic heterocycles. The Bertz CT molecular complexity index is 729. The smallest absolute Gasteiger partial charge is 0.219 e. The van der Waals surface area contributed by atoms with Gasteiger partial charge in [0.1, 0.15) is 5.25 Å². The van der Waals surface area contributed by atoms with E-state index in [-0.39, 0.29) is 0 Å². The number of hydrogen-bond acceptors (Lipinski definition) is 4. The maximum Gasteiger partial charge on any atom is 0.219 e. The summed E-state index contributed by atoms with van der Waals surface area (Å²) in [5, 5.41) is -0.419. The molecule has 1 fully saturated rings. The maximum atomic E-state index is 13.0. The Balaban J connectivity index is 1.77. The molecule has 24 heavy (non-hydrogen) atoms. The third kappa shape index (κ3) is 4.21. The Morgan fingerprint density at radius 3 is 2.00 bits per heavy atom. The van der Waals surface area contributed by atoms with Gasteiger partial charge in [-0.25, -0.2) is 8.42 Å². The first-order valence-corrected chi connectivity index (χ1v) is 9.69. The first-order valence-electron chi connectivity index (χ1n) is 8.19. The molecule has 128 valence electrons. The van der Waals surface area contributed by atoms with Gasteiger partial charge in [-0.2, -0.15) is 4.31 Å². The van der Waals surface area contributed by atoms with E-state index in [9.17, 15) is 8.42 Å². The van der Waals surface area contributed by atoms with Crippen LogP contribution in [0.25, 0.3) is 0 Å². The lowest BCUT2D eigenvalue weighted by atomic mass is 10.1. The zero-order valence-electron chi connectivity index (χ0n) is 13.6. The molecule has 1 heterocycles. The fourth-order valence-corrected chi connectivity index (χ4v) is 4.53. The van der Waals surface area contributed by atoms with Crippen LogP contribution < -0.4 is 10.9 Å². The Morgan fingerprint density at radius 2 is 1.42 bits per heavy atom. The van der Waals surface area contributed by atoms with Gasteiger partial charge in [0.25, 0.3) is 0 Å². The fourth-order valence-electron chi connectivity index (χ4n) is 2.85. The topological polar surface area (TPSA) is 61.4 Å². The van der Waals surface area contributed by atoms with Gasteiger partial charge >= 0.3 is 0 Å². The Morgan fingerprint density at radius 1 is 0.875 bits per heavy atom. The minimum absolute atomic E-state index is 0.409. The van der Waals surface area contributed by atoms with E-state index in [2.05, 4.69) is 10.9 Å². The molecule has 0 unspecified atom stereocenters. The maximum absolute atomic E-state index is 13.0. The van der Waals surface area contributed by atoms with Gasteiger partial charge in [0.2, 0.25) is 10.0 Å². The van der Waals surface area contributed by atoms with Crippen molar-refractivity contribution in [1.82, 2.24) is 15.2 Å². The number of benzene rings is 2. The standard InChI is InChI=1S/C18H23N3O2S/c22-24(23,18-13-19-20-14-18)21(15-17-9-5-2-6-10-17)12-11-16-7-3-1-4-8-16/h1-10,18-20H,11-15H2. The van der Waals surface area contributed by atoms with E-state index in [1.165, 1.54) is 0 Å². The lowest BCUT2D eigenvalue weighted by Gasteiger charge is -2.25.